The summed E-state index contributed by atoms with van der Waals surface area (Å²) in [4.78, 5) is 0. The van der Waals surface area contributed by atoms with Crippen molar-refractivity contribution in [3.8, 4) is 0 Å². The van der Waals surface area contributed by atoms with Gasteiger partial charge in [0.2, 0.25) is 0 Å². The zero-order valence-electron chi connectivity index (χ0n) is 12.1. The second-order valence-corrected chi connectivity index (χ2v) is 6.89. The summed E-state index contributed by atoms with van der Waals surface area (Å²) in [5, 5.41) is 8.37. The highest BCUT2D eigenvalue weighted by atomic mass is 31.1. The molecule has 0 fully saturated rings. The Hall–Kier alpha value is -0.470. The lowest BCUT2D eigenvalue weighted by atomic mass is 10.4. The van der Waals surface area contributed by atoms with Crippen LogP contribution in [0.5, 0.6) is 0 Å². The Bertz CT molecular complexity index is 327. The molecule has 0 spiro atoms. The van der Waals surface area contributed by atoms with E-state index in [9.17, 15) is 0 Å². The van der Waals surface area contributed by atoms with Gasteiger partial charge < -0.3 is 5.32 Å². The summed E-state index contributed by atoms with van der Waals surface area (Å²) in [6.45, 7) is 9.81. The van der Waals surface area contributed by atoms with Gasteiger partial charge in [0.15, 0.2) is 0 Å². The molecule has 1 aromatic rings. The number of hydrogen-bond acceptors (Lipinski definition) is 3. The maximum Gasteiger partial charge on any atom is 0.0712 e. The molecule has 0 aromatic heterocycles. The van der Waals surface area contributed by atoms with Crippen LogP contribution in [-0.2, 0) is 0 Å². The summed E-state index contributed by atoms with van der Waals surface area (Å²) in [6.07, 6.45) is 0. The number of nitrogens with zero attached hydrogens (tertiary/aromatic N) is 1. The van der Waals surface area contributed by atoms with Crippen molar-refractivity contribution in [1.29, 1.82) is 0 Å². The highest BCUT2D eigenvalue weighted by Gasteiger charge is 2.22. The van der Waals surface area contributed by atoms with E-state index in [0.29, 0.717) is 12.1 Å². The molecular formula is C14H26N3P. The molecule has 0 aliphatic rings. The molecule has 2 N–H and O–H groups in total. The summed E-state index contributed by atoms with van der Waals surface area (Å²) in [7, 11) is 1.52. The normalized spacial score (nSPS) is 13.6. The fourth-order valence-electron chi connectivity index (χ4n) is 1.76. The Kier molecular flexibility index (Phi) is 6.80. The molecule has 0 saturated heterocycles. The third-order valence-corrected chi connectivity index (χ3v) is 5.22. The van der Waals surface area contributed by atoms with E-state index in [2.05, 4.69) is 73.1 Å². The molecule has 3 nitrogen and oxygen atoms in total. The van der Waals surface area contributed by atoms with Crippen molar-refractivity contribution >= 4 is 13.5 Å². The quantitative estimate of drug-likeness (QED) is 0.587. The minimum absolute atomic E-state index is 0.481. The molecule has 0 aliphatic carbocycles. The fourth-order valence-corrected chi connectivity index (χ4v) is 4.04. The summed E-state index contributed by atoms with van der Waals surface area (Å²) >= 11 is 0. The fraction of sp³-hybridized carbons (Fsp3) is 0.571. The van der Waals surface area contributed by atoms with Crippen LogP contribution >= 0.6 is 8.22 Å². The molecule has 102 valence electrons. The maximum atomic E-state index is 3.71. The van der Waals surface area contributed by atoms with Gasteiger partial charge in [-0.05, 0) is 34.7 Å². The average Bonchev–Trinajstić information content (AvgIpc) is 2.34. The van der Waals surface area contributed by atoms with Gasteiger partial charge in [0, 0.05) is 17.4 Å². The highest BCUT2D eigenvalue weighted by Crippen LogP contribution is 2.36. The summed E-state index contributed by atoms with van der Waals surface area (Å²) < 4.78 is 2.49. The van der Waals surface area contributed by atoms with E-state index in [1.54, 1.807) is 0 Å². The van der Waals surface area contributed by atoms with Gasteiger partial charge in [-0.15, -0.1) is 0 Å². The number of hydrogen-bond donors (Lipinski definition) is 2. The Balaban J connectivity index is 2.95. The number of rotatable bonds is 7. The molecule has 18 heavy (non-hydrogen) atoms. The second-order valence-electron chi connectivity index (χ2n) is 4.98. The van der Waals surface area contributed by atoms with Crippen molar-refractivity contribution in [2.75, 3.05) is 13.7 Å². The van der Waals surface area contributed by atoms with Gasteiger partial charge in [0.25, 0.3) is 0 Å². The van der Waals surface area contributed by atoms with E-state index >= 15 is 0 Å². The summed E-state index contributed by atoms with van der Waals surface area (Å²) in [5.74, 6) is 0. The first-order valence-electron chi connectivity index (χ1n) is 6.58. The minimum Gasteiger partial charge on any atom is -0.307 e. The third kappa shape index (κ3) is 4.66. The molecule has 0 heterocycles. The zero-order chi connectivity index (χ0) is 13.5. The van der Waals surface area contributed by atoms with Crippen molar-refractivity contribution < 1.29 is 0 Å². The van der Waals surface area contributed by atoms with Crippen LogP contribution < -0.4 is 15.7 Å². The van der Waals surface area contributed by atoms with Crippen LogP contribution in [0.25, 0.3) is 0 Å². The number of nitrogens with one attached hydrogen (secondary N) is 2. The minimum atomic E-state index is -0.483. The molecule has 4 heteroatoms. The number of benzene rings is 1. The van der Waals surface area contributed by atoms with Gasteiger partial charge in [-0.25, -0.2) is 0 Å². The van der Waals surface area contributed by atoms with Gasteiger partial charge in [-0.1, -0.05) is 30.3 Å². The Morgan fingerprint density at radius 3 is 2.17 bits per heavy atom. The molecule has 1 rings (SSSR count). The van der Waals surface area contributed by atoms with Crippen LogP contribution in [-0.4, -0.2) is 30.5 Å². The van der Waals surface area contributed by atoms with Crippen molar-refractivity contribution in [2.45, 2.75) is 39.8 Å². The summed E-state index contributed by atoms with van der Waals surface area (Å²) in [5.41, 5.74) is 0. The predicted molar refractivity (Wildman–Crippen MR) is 82.2 cm³/mol. The first-order chi connectivity index (χ1) is 8.56. The predicted octanol–water partition coefficient (Wildman–Crippen LogP) is 2.51. The smallest absolute Gasteiger partial charge is 0.0712 e. The van der Waals surface area contributed by atoms with Gasteiger partial charge in [0.1, 0.15) is 0 Å². The zero-order valence-corrected chi connectivity index (χ0v) is 13.0. The highest BCUT2D eigenvalue weighted by molar-refractivity contribution is 7.61. The largest absolute Gasteiger partial charge is 0.307 e. The molecule has 0 amide bonds. The van der Waals surface area contributed by atoms with Crippen LogP contribution in [0.4, 0.5) is 0 Å². The van der Waals surface area contributed by atoms with Gasteiger partial charge >= 0.3 is 0 Å². The molecule has 0 saturated carbocycles. The lowest BCUT2D eigenvalue weighted by Crippen LogP contribution is -2.41. The van der Waals surface area contributed by atoms with Gasteiger partial charge in [-0.2, -0.15) is 0 Å². The standard InChI is InChI=1S/C14H26N3P/c1-12(2)16-18(14-9-7-6-8-10-14)17(11-15-5)13(3)4/h6-10,12-13,15-16H,11H2,1-5H3. The van der Waals surface area contributed by atoms with Gasteiger partial charge in [-0.3, -0.25) is 9.76 Å². The third-order valence-electron chi connectivity index (χ3n) is 2.55. The van der Waals surface area contributed by atoms with Crippen LogP contribution in [0.3, 0.4) is 0 Å². The molecule has 0 bridgehead atoms. The van der Waals surface area contributed by atoms with Crippen molar-refractivity contribution in [2.24, 2.45) is 0 Å². The van der Waals surface area contributed by atoms with Crippen LogP contribution in [0.1, 0.15) is 27.7 Å². The Morgan fingerprint density at radius 1 is 1.11 bits per heavy atom. The molecule has 1 aromatic carbocycles. The van der Waals surface area contributed by atoms with Crippen molar-refractivity contribution in [3.63, 3.8) is 0 Å². The average molecular weight is 267 g/mol. The molecule has 1 atom stereocenters. The van der Waals surface area contributed by atoms with E-state index in [4.69, 9.17) is 0 Å². The van der Waals surface area contributed by atoms with Gasteiger partial charge in [0.05, 0.1) is 14.9 Å². The van der Waals surface area contributed by atoms with Crippen molar-refractivity contribution in [3.05, 3.63) is 30.3 Å². The van der Waals surface area contributed by atoms with E-state index in [1.165, 1.54) is 5.30 Å². The SMILES string of the molecule is CNCN(C(C)C)P(NC(C)C)c1ccccc1. The van der Waals surface area contributed by atoms with Crippen LogP contribution in [0, 0.1) is 0 Å². The topological polar surface area (TPSA) is 27.3 Å². The lowest BCUT2D eigenvalue weighted by Gasteiger charge is -2.36. The monoisotopic (exact) mass is 267 g/mol. The van der Waals surface area contributed by atoms with Crippen LogP contribution in [0.2, 0.25) is 0 Å². The van der Waals surface area contributed by atoms with Crippen LogP contribution in [0.15, 0.2) is 30.3 Å². The lowest BCUT2D eigenvalue weighted by molar-refractivity contribution is 0.361. The first-order valence-corrected chi connectivity index (χ1v) is 7.88. The van der Waals surface area contributed by atoms with E-state index in [1.807, 2.05) is 7.05 Å². The molecule has 0 aliphatic heterocycles. The van der Waals surface area contributed by atoms with Crippen molar-refractivity contribution in [1.82, 2.24) is 15.1 Å². The van der Waals surface area contributed by atoms with E-state index in [0.717, 1.165) is 6.67 Å². The Labute approximate surface area is 113 Å². The summed E-state index contributed by atoms with van der Waals surface area (Å²) in [6, 6.07) is 11.7. The first kappa shape index (κ1) is 15.6. The maximum absolute atomic E-state index is 3.71. The molecular weight excluding hydrogens is 241 g/mol. The van der Waals surface area contributed by atoms with E-state index in [-0.39, 0.29) is 0 Å². The molecule has 0 radical (unpaired) electrons. The second kappa shape index (κ2) is 7.85. The van der Waals surface area contributed by atoms with E-state index < -0.39 is 8.22 Å². The Morgan fingerprint density at radius 2 is 1.72 bits per heavy atom. The molecule has 1 unspecified atom stereocenters.